The second-order valence-corrected chi connectivity index (χ2v) is 10.4. The number of likely N-dealkylation sites (tertiary alicyclic amines) is 1. The summed E-state index contributed by atoms with van der Waals surface area (Å²) in [6.07, 6.45) is -2.50. The Kier molecular flexibility index (Phi) is 7.13. The number of nitrogens with one attached hydrogen (secondary N) is 2. The number of alkyl halides is 3. The highest BCUT2D eigenvalue weighted by Gasteiger charge is 2.56. The zero-order valence-electron chi connectivity index (χ0n) is 20.4. The molecule has 2 heterocycles. The summed E-state index contributed by atoms with van der Waals surface area (Å²) in [5.74, 6) is -0.468. The van der Waals surface area contributed by atoms with Gasteiger partial charge < -0.3 is 20.6 Å². The SMILES string of the molecule is O=C(N[C@@H]1C[C@@H](O)[C@@]1(CNc1cc(C(F)(F)F)nc2ccc(Cl)cc12)c1ccc(F)cc1)N1CCCCC1. The molecule has 2 aliphatic rings. The van der Waals surface area contributed by atoms with Crippen molar-refractivity contribution in [3.63, 3.8) is 0 Å². The van der Waals surface area contributed by atoms with Crippen LogP contribution in [0.25, 0.3) is 10.9 Å². The molecule has 2 fully saturated rings. The van der Waals surface area contributed by atoms with Crippen LogP contribution in [0.15, 0.2) is 48.5 Å². The lowest BCUT2D eigenvalue weighted by Crippen LogP contribution is -2.70. The number of aliphatic hydroxyl groups is 1. The Labute approximate surface area is 222 Å². The quantitative estimate of drug-likeness (QED) is 0.355. The van der Waals surface area contributed by atoms with Crippen LogP contribution in [-0.4, -0.2) is 52.8 Å². The first-order valence-corrected chi connectivity index (χ1v) is 12.9. The number of rotatable bonds is 5. The van der Waals surface area contributed by atoms with Gasteiger partial charge in [-0.05, 0) is 67.6 Å². The van der Waals surface area contributed by atoms with Crippen LogP contribution in [-0.2, 0) is 11.6 Å². The number of halogens is 5. The van der Waals surface area contributed by atoms with Gasteiger partial charge in [0.2, 0.25) is 0 Å². The molecular formula is C27H27ClF4N4O2. The minimum Gasteiger partial charge on any atom is -0.392 e. The summed E-state index contributed by atoms with van der Waals surface area (Å²) in [4.78, 5) is 18.5. The molecule has 3 aromatic rings. The molecule has 1 aliphatic heterocycles. The van der Waals surface area contributed by atoms with Crippen molar-refractivity contribution in [3.05, 3.63) is 70.6 Å². The molecule has 6 nitrogen and oxygen atoms in total. The van der Waals surface area contributed by atoms with Crippen molar-refractivity contribution in [1.29, 1.82) is 0 Å². The Bertz CT molecular complexity index is 1330. The lowest BCUT2D eigenvalue weighted by molar-refractivity contribution is -0.140. The summed E-state index contributed by atoms with van der Waals surface area (Å²) >= 11 is 6.13. The predicted molar refractivity (Wildman–Crippen MR) is 137 cm³/mol. The van der Waals surface area contributed by atoms with Crippen LogP contribution in [0.2, 0.25) is 5.02 Å². The van der Waals surface area contributed by atoms with Crippen molar-refractivity contribution in [1.82, 2.24) is 15.2 Å². The van der Waals surface area contributed by atoms with Crippen molar-refractivity contribution in [2.45, 2.75) is 49.4 Å². The van der Waals surface area contributed by atoms with Crippen LogP contribution in [0.4, 0.5) is 28.0 Å². The van der Waals surface area contributed by atoms with Crippen LogP contribution in [0.3, 0.4) is 0 Å². The molecule has 3 atom stereocenters. The monoisotopic (exact) mass is 550 g/mol. The fourth-order valence-corrected chi connectivity index (χ4v) is 5.64. The highest BCUT2D eigenvalue weighted by Crippen LogP contribution is 2.45. The van der Waals surface area contributed by atoms with E-state index in [1.165, 1.54) is 42.5 Å². The number of hydrogen-bond acceptors (Lipinski definition) is 4. The summed E-state index contributed by atoms with van der Waals surface area (Å²) in [7, 11) is 0. The molecule has 0 radical (unpaired) electrons. The number of carbonyl (C=O) groups is 1. The molecule has 0 unspecified atom stereocenters. The maximum Gasteiger partial charge on any atom is 0.433 e. The van der Waals surface area contributed by atoms with Crippen molar-refractivity contribution >= 4 is 34.2 Å². The number of piperidine rings is 1. The maximum atomic E-state index is 13.8. The third-order valence-electron chi connectivity index (χ3n) is 7.63. The van der Waals surface area contributed by atoms with Gasteiger partial charge in [0.05, 0.1) is 17.0 Å². The summed E-state index contributed by atoms with van der Waals surface area (Å²) in [6.45, 7) is 1.23. The van der Waals surface area contributed by atoms with E-state index in [1.54, 1.807) is 4.90 Å². The Morgan fingerprint density at radius 3 is 2.47 bits per heavy atom. The fourth-order valence-electron chi connectivity index (χ4n) is 5.47. The summed E-state index contributed by atoms with van der Waals surface area (Å²) in [5, 5.41) is 17.9. The van der Waals surface area contributed by atoms with E-state index in [-0.39, 0.29) is 30.2 Å². The van der Waals surface area contributed by atoms with Crippen molar-refractivity contribution in [2.75, 3.05) is 25.0 Å². The minimum absolute atomic E-state index is 0.0341. The summed E-state index contributed by atoms with van der Waals surface area (Å²) in [5.41, 5.74) is -1.40. The van der Waals surface area contributed by atoms with Crippen LogP contribution < -0.4 is 10.6 Å². The normalized spacial score (nSPS) is 23.7. The number of hydrogen-bond donors (Lipinski definition) is 3. The van der Waals surface area contributed by atoms with Crippen molar-refractivity contribution < 1.29 is 27.5 Å². The molecule has 1 saturated carbocycles. The lowest BCUT2D eigenvalue weighted by atomic mass is 9.58. The third kappa shape index (κ3) is 4.99. The molecule has 5 rings (SSSR count). The van der Waals surface area contributed by atoms with E-state index in [2.05, 4.69) is 15.6 Å². The average Bonchev–Trinajstić information content (AvgIpc) is 2.89. The number of amides is 2. The van der Waals surface area contributed by atoms with Gasteiger partial charge in [-0.2, -0.15) is 13.2 Å². The molecule has 1 aromatic heterocycles. The van der Waals surface area contributed by atoms with E-state index in [9.17, 15) is 27.5 Å². The van der Waals surface area contributed by atoms with Gasteiger partial charge in [-0.1, -0.05) is 23.7 Å². The average molecular weight is 551 g/mol. The molecule has 3 N–H and O–H groups in total. The van der Waals surface area contributed by atoms with Crippen LogP contribution in [0, 0.1) is 5.82 Å². The summed E-state index contributed by atoms with van der Waals surface area (Å²) < 4.78 is 54.7. The van der Waals surface area contributed by atoms with Gasteiger partial charge in [0.1, 0.15) is 11.5 Å². The van der Waals surface area contributed by atoms with E-state index in [4.69, 9.17) is 11.6 Å². The zero-order chi connectivity index (χ0) is 27.1. The first kappa shape index (κ1) is 26.5. The minimum atomic E-state index is -4.68. The Hall–Kier alpha value is -3.11. The highest BCUT2D eigenvalue weighted by atomic mass is 35.5. The Morgan fingerprint density at radius 1 is 1.11 bits per heavy atom. The summed E-state index contributed by atoms with van der Waals surface area (Å²) in [6, 6.07) is 10.1. The van der Waals surface area contributed by atoms with E-state index < -0.39 is 35.2 Å². The number of aromatic nitrogens is 1. The first-order valence-electron chi connectivity index (χ1n) is 12.5. The molecule has 202 valence electrons. The third-order valence-corrected chi connectivity index (χ3v) is 7.87. The highest BCUT2D eigenvalue weighted by molar-refractivity contribution is 6.31. The number of anilines is 1. The molecule has 11 heteroatoms. The second-order valence-electron chi connectivity index (χ2n) is 9.92. The molecule has 1 saturated heterocycles. The van der Waals surface area contributed by atoms with Gasteiger partial charge in [-0.25, -0.2) is 14.2 Å². The fraction of sp³-hybridized carbons (Fsp3) is 0.407. The number of nitrogens with zero attached hydrogens (tertiary/aromatic N) is 2. The molecule has 38 heavy (non-hydrogen) atoms. The Morgan fingerprint density at radius 2 is 1.82 bits per heavy atom. The predicted octanol–water partition coefficient (Wildman–Crippen LogP) is 5.72. The van der Waals surface area contributed by atoms with Gasteiger partial charge in [0, 0.05) is 41.8 Å². The maximum absolute atomic E-state index is 13.8. The second kappa shape index (κ2) is 10.2. The van der Waals surface area contributed by atoms with Crippen molar-refractivity contribution in [2.24, 2.45) is 0 Å². The van der Waals surface area contributed by atoms with E-state index >= 15 is 0 Å². The van der Waals surface area contributed by atoms with Gasteiger partial charge >= 0.3 is 12.2 Å². The van der Waals surface area contributed by atoms with E-state index in [1.807, 2.05) is 0 Å². The van der Waals surface area contributed by atoms with Crippen LogP contribution in [0.5, 0.6) is 0 Å². The zero-order valence-corrected chi connectivity index (χ0v) is 21.1. The number of aliphatic hydroxyl groups excluding tert-OH is 1. The topological polar surface area (TPSA) is 77.5 Å². The molecule has 0 spiro atoms. The molecular weight excluding hydrogens is 524 g/mol. The number of benzene rings is 2. The number of carbonyl (C=O) groups excluding carboxylic acids is 1. The van der Waals surface area contributed by atoms with Gasteiger partial charge in [-0.3, -0.25) is 0 Å². The molecule has 0 bridgehead atoms. The molecule has 2 aromatic carbocycles. The van der Waals surface area contributed by atoms with E-state index in [0.29, 0.717) is 29.1 Å². The van der Waals surface area contributed by atoms with Crippen LogP contribution >= 0.6 is 11.6 Å². The first-order chi connectivity index (χ1) is 18.1. The molecule has 2 amide bonds. The van der Waals surface area contributed by atoms with Crippen molar-refractivity contribution in [3.8, 4) is 0 Å². The largest absolute Gasteiger partial charge is 0.433 e. The van der Waals surface area contributed by atoms with Gasteiger partial charge in [0.25, 0.3) is 0 Å². The smallest absolute Gasteiger partial charge is 0.392 e. The number of urea groups is 1. The number of fused-ring (bicyclic) bond motifs is 1. The number of pyridine rings is 1. The lowest BCUT2D eigenvalue weighted by Gasteiger charge is -2.54. The van der Waals surface area contributed by atoms with Crippen LogP contribution in [0.1, 0.15) is 36.9 Å². The van der Waals surface area contributed by atoms with Gasteiger partial charge in [-0.15, -0.1) is 0 Å². The molecule has 1 aliphatic carbocycles. The standard InChI is InChI=1S/C27H27ClF4N4O2/c28-17-6-9-20-19(12-17)21(13-23(34-20)27(30,31)32)33-15-26(16-4-7-18(29)8-5-16)22(14-24(26)37)35-25(38)36-10-2-1-3-11-36/h4-9,12-13,22,24,37H,1-3,10-11,14-15H2,(H,33,34)(H,35,38)/t22-,24-,26+/m1/s1. The Balaban J connectivity index is 1.50. The van der Waals surface area contributed by atoms with Gasteiger partial charge in [0.15, 0.2) is 0 Å². The van der Waals surface area contributed by atoms with E-state index in [0.717, 1.165) is 25.3 Å².